The van der Waals surface area contributed by atoms with E-state index in [1.54, 1.807) is 0 Å². The summed E-state index contributed by atoms with van der Waals surface area (Å²) in [7, 11) is 0. The van der Waals surface area contributed by atoms with Crippen molar-refractivity contribution in [2.24, 2.45) is 0 Å². The first-order chi connectivity index (χ1) is 0. The van der Waals surface area contributed by atoms with Gasteiger partial charge in [-0.1, -0.05) is 0 Å². The normalized spacial score (nSPS) is 0. The summed E-state index contributed by atoms with van der Waals surface area (Å²) in [6.07, 6.45) is 0. The maximum absolute atomic E-state index is 0. The van der Waals surface area contributed by atoms with E-state index in [9.17, 15) is 0 Å². The predicted octanol–water partition coefficient (Wildman–Crippen LogP) is -0.838. The van der Waals surface area contributed by atoms with Gasteiger partial charge in [-0.05, 0) is 0 Å². The Morgan fingerprint density at radius 1 is 0.429 bits per heavy atom. The van der Waals surface area contributed by atoms with Crippen molar-refractivity contribution in [3.63, 3.8) is 0 Å². The summed E-state index contributed by atoms with van der Waals surface area (Å²) in [5.41, 5.74) is 0. The van der Waals surface area contributed by atoms with Gasteiger partial charge in [0.15, 0.2) is 0 Å². The summed E-state index contributed by atoms with van der Waals surface area (Å²) in [4.78, 5) is 0. The molecule has 0 bridgehead atoms. The Bertz CT molecular complexity index is 11.0. The third-order valence-electron chi connectivity index (χ3n) is 0. The first-order valence-electron chi connectivity index (χ1n) is 0. The van der Waals surface area contributed by atoms with Crippen molar-refractivity contribution < 1.29 is 56.8 Å². The molecule has 0 spiro atoms. The third-order valence-corrected chi connectivity index (χ3v) is 0. The molecule has 0 fully saturated rings. The van der Waals surface area contributed by atoms with Crippen molar-refractivity contribution >= 4 is 0 Å². The van der Waals surface area contributed by atoms with E-state index in [0.717, 1.165) is 0 Å². The second kappa shape index (κ2) is 952. The van der Waals surface area contributed by atoms with E-state index in [-0.39, 0.29) is 56.8 Å². The standard InChI is InChI=1S/6H2O.Pt.2H/h6*1H2;;;/p-6. The molecule has 0 aliphatic rings. The first kappa shape index (κ1) is 1540. The van der Waals surface area contributed by atoms with Crippen LogP contribution in [-0.2, 0) is 21.1 Å². The van der Waals surface area contributed by atoms with Gasteiger partial charge in [0.1, 0.15) is 0 Å². The molecule has 6 nitrogen and oxygen atoms in total. The summed E-state index contributed by atoms with van der Waals surface area (Å²) in [6.45, 7) is 0. The first-order valence-corrected chi connectivity index (χ1v) is 0. The second-order valence-corrected chi connectivity index (χ2v) is 0. The molecule has 0 aromatic carbocycles. The summed E-state index contributed by atoms with van der Waals surface area (Å²) < 4.78 is 0. The van der Waals surface area contributed by atoms with Crippen molar-refractivity contribution in [3.05, 3.63) is 0 Å². The van der Waals surface area contributed by atoms with E-state index in [4.69, 9.17) is 0 Å². The molecule has 6 N–H and O–H groups in total. The van der Waals surface area contributed by atoms with Crippen LogP contribution >= 0.6 is 0 Å². The smallest absolute Gasteiger partial charge is 0 e. The fraction of sp³-hybridized carbons (Fsp3) is 0. The minimum Gasteiger partial charge on any atom is -0.870 e. The van der Waals surface area contributed by atoms with Gasteiger partial charge in [0.25, 0.3) is 0 Å². The summed E-state index contributed by atoms with van der Waals surface area (Å²) in [5.74, 6) is 0. The molecular weight excluding hydrogens is 291 g/mol. The van der Waals surface area contributed by atoms with Crippen LogP contribution in [0.5, 0.6) is 0 Å². The molecule has 60 valence electrons. The maximum atomic E-state index is 0. The van der Waals surface area contributed by atoms with E-state index < -0.39 is 0 Å². The Labute approximate surface area is 57.6 Å². The van der Waals surface area contributed by atoms with Crippen molar-refractivity contribution in [2.45, 2.75) is 0 Å². The Balaban J connectivity index is 0. The van der Waals surface area contributed by atoms with E-state index in [0.29, 0.717) is 0 Å². The molecule has 2 radical (unpaired) electrons. The topological polar surface area (TPSA) is 180 Å². The van der Waals surface area contributed by atoms with E-state index in [2.05, 4.69) is 0 Å². The van der Waals surface area contributed by atoms with E-state index in [1.165, 1.54) is 0 Å². The zero-order valence-electron chi connectivity index (χ0n) is 5.00. The molecule has 0 aromatic heterocycles. The van der Waals surface area contributed by atoms with Gasteiger partial charge < -0.3 is 32.9 Å². The zero-order valence-corrected chi connectivity index (χ0v) is 5.27. The molecule has 0 rings (SSSR count). The van der Waals surface area contributed by atoms with Crippen LogP contribution < -0.4 is 0 Å². The van der Waals surface area contributed by atoms with E-state index >= 15 is 0 Å². The Morgan fingerprint density at radius 2 is 0.429 bits per heavy atom. The average Bonchev–Trinajstić information content (AvgIpc) is 0. The number of rotatable bonds is 0. The average molecular weight is 299 g/mol. The van der Waals surface area contributed by atoms with Crippen molar-refractivity contribution in [1.29, 1.82) is 0 Å². The molecule has 0 unspecified atom stereocenters. The molecule has 0 saturated carbocycles. The van der Waals surface area contributed by atoms with E-state index in [1.807, 2.05) is 0 Å². The molecule has 0 aliphatic heterocycles. The molecule has 0 atom stereocenters. The molecule has 7 heavy (non-hydrogen) atoms. The van der Waals surface area contributed by atoms with Gasteiger partial charge in [0.2, 0.25) is 0 Å². The molecule has 0 aliphatic carbocycles. The van der Waals surface area contributed by atoms with Crippen LogP contribution in [0.3, 0.4) is 0 Å². The maximum Gasteiger partial charge on any atom is 0 e. The van der Waals surface area contributed by atoms with Crippen molar-refractivity contribution in [1.82, 2.24) is 0 Å². The Kier molecular flexibility index (Phi) is 210000. The fourth-order valence-corrected chi connectivity index (χ4v) is 0. The largest absolute Gasteiger partial charge is 0.870 e. The minimum absolute atomic E-state index is 0. The molecule has 0 aromatic rings. The molecular formula is H8O6Pt-6. The Hall–Kier alpha value is 0.448. The molecule has 7 heteroatoms. The zero-order chi connectivity index (χ0) is 0. The van der Waals surface area contributed by atoms with Gasteiger partial charge in [-0.3, -0.25) is 0 Å². The molecule has 0 amide bonds. The van der Waals surface area contributed by atoms with Crippen LogP contribution in [0.4, 0.5) is 0 Å². The number of hydrogen-bond donors (Lipinski definition) is 0. The minimum atomic E-state index is 0. The monoisotopic (exact) mass is 299 g/mol. The third kappa shape index (κ3) is 635. The van der Waals surface area contributed by atoms with Crippen molar-refractivity contribution in [3.8, 4) is 0 Å². The van der Waals surface area contributed by atoms with Gasteiger partial charge >= 0.3 is 0 Å². The Morgan fingerprint density at radius 3 is 0.429 bits per heavy atom. The van der Waals surface area contributed by atoms with Crippen LogP contribution in [0.25, 0.3) is 0 Å². The van der Waals surface area contributed by atoms with Gasteiger partial charge in [0.05, 0.1) is 0 Å². The van der Waals surface area contributed by atoms with Gasteiger partial charge in [-0.15, -0.1) is 0 Å². The summed E-state index contributed by atoms with van der Waals surface area (Å²) in [5, 5.41) is 0. The molecule has 0 saturated heterocycles. The van der Waals surface area contributed by atoms with Crippen molar-refractivity contribution in [2.75, 3.05) is 0 Å². The quantitative estimate of drug-likeness (QED) is 0.562. The predicted molar refractivity (Wildman–Crippen MR) is 13.8 cm³/mol. The van der Waals surface area contributed by atoms with Gasteiger partial charge in [-0.2, -0.15) is 0 Å². The molecule has 0 heterocycles. The van der Waals surface area contributed by atoms with Gasteiger partial charge in [0, 0.05) is 23.9 Å². The van der Waals surface area contributed by atoms with Crippen LogP contribution in [-0.4, -0.2) is 32.9 Å². The van der Waals surface area contributed by atoms with Crippen LogP contribution in [0.15, 0.2) is 0 Å². The van der Waals surface area contributed by atoms with Crippen LogP contribution in [0.2, 0.25) is 0 Å². The van der Waals surface area contributed by atoms with Gasteiger partial charge in [-0.25, -0.2) is 0 Å². The number of hydrogen-bond acceptors (Lipinski definition) is 6. The fourth-order valence-electron chi connectivity index (χ4n) is 0. The SMILES string of the molecule is [H].[H].[OH-].[OH-].[OH-].[OH-].[OH-].[OH-].[Pt]. The summed E-state index contributed by atoms with van der Waals surface area (Å²) >= 11 is 0. The second-order valence-electron chi connectivity index (χ2n) is 0. The van der Waals surface area contributed by atoms with Crippen LogP contribution in [0.1, 0.15) is 2.85 Å². The van der Waals surface area contributed by atoms with Crippen LogP contribution in [0, 0.1) is 0 Å². The summed E-state index contributed by atoms with van der Waals surface area (Å²) in [6, 6.07) is 0.